The molecule has 2 aliphatic rings. The van der Waals surface area contributed by atoms with Gasteiger partial charge < -0.3 is 26.2 Å². The fourth-order valence-electron chi connectivity index (χ4n) is 4.59. The first-order valence-electron chi connectivity index (χ1n) is 12.4. The molecule has 3 heterocycles. The highest BCUT2D eigenvalue weighted by Crippen LogP contribution is 2.24. The first kappa shape index (κ1) is 27.6. The molecule has 1 aromatic heterocycles. The van der Waals surface area contributed by atoms with Crippen molar-refractivity contribution in [3.05, 3.63) is 23.9 Å². The van der Waals surface area contributed by atoms with Gasteiger partial charge in [-0.1, -0.05) is 18.9 Å². The van der Waals surface area contributed by atoms with E-state index < -0.39 is 0 Å². The van der Waals surface area contributed by atoms with Gasteiger partial charge in [-0.3, -0.25) is 4.79 Å². The van der Waals surface area contributed by atoms with E-state index in [9.17, 15) is 4.79 Å². The average molecular weight is 572 g/mol. The second-order valence-corrected chi connectivity index (χ2v) is 8.88. The largest absolute Gasteiger partial charge is 0.369 e. The van der Waals surface area contributed by atoms with Gasteiger partial charge in [0.2, 0.25) is 5.91 Å². The van der Waals surface area contributed by atoms with Gasteiger partial charge in [-0.25, -0.2) is 9.98 Å². The lowest BCUT2D eigenvalue weighted by Crippen LogP contribution is -2.39. The molecule has 4 N–H and O–H groups in total. The predicted molar refractivity (Wildman–Crippen MR) is 146 cm³/mol. The zero-order chi connectivity index (χ0) is 22.6. The number of pyridine rings is 1. The second kappa shape index (κ2) is 15.3. The number of piperidine rings is 1. The van der Waals surface area contributed by atoms with Crippen LogP contribution in [0.3, 0.4) is 0 Å². The van der Waals surface area contributed by atoms with Crippen molar-refractivity contribution in [2.45, 2.75) is 58.4 Å². The summed E-state index contributed by atoms with van der Waals surface area (Å²) in [5.41, 5.74) is 6.59. The molecular formula is C24H42IN7O. The Hall–Kier alpha value is -1.62. The van der Waals surface area contributed by atoms with Crippen LogP contribution in [0.15, 0.2) is 23.3 Å². The second-order valence-electron chi connectivity index (χ2n) is 8.88. The minimum Gasteiger partial charge on any atom is -0.369 e. The first-order valence-corrected chi connectivity index (χ1v) is 12.4. The van der Waals surface area contributed by atoms with Crippen molar-refractivity contribution in [2.75, 3.05) is 50.7 Å². The molecular weight excluding hydrogens is 529 g/mol. The SMILES string of the molecule is CCNC(=NCc1cccnc1N1CCC(C(N)=O)CC1)NCCCN1CCCCCC1.I. The summed E-state index contributed by atoms with van der Waals surface area (Å²) in [7, 11) is 0. The van der Waals surface area contributed by atoms with Gasteiger partial charge >= 0.3 is 0 Å². The van der Waals surface area contributed by atoms with Crippen LogP contribution >= 0.6 is 24.0 Å². The van der Waals surface area contributed by atoms with Crippen molar-refractivity contribution in [1.29, 1.82) is 0 Å². The molecule has 0 saturated carbocycles. The molecule has 3 rings (SSSR count). The van der Waals surface area contributed by atoms with Gasteiger partial charge in [0.1, 0.15) is 5.82 Å². The van der Waals surface area contributed by atoms with Gasteiger partial charge in [-0.2, -0.15) is 0 Å². The first-order chi connectivity index (χ1) is 15.7. The number of nitrogens with zero attached hydrogens (tertiary/aromatic N) is 4. The number of likely N-dealkylation sites (tertiary alicyclic amines) is 1. The summed E-state index contributed by atoms with van der Waals surface area (Å²) in [6, 6.07) is 4.06. The summed E-state index contributed by atoms with van der Waals surface area (Å²) >= 11 is 0. The minimum atomic E-state index is -0.187. The number of primary amides is 1. The van der Waals surface area contributed by atoms with E-state index >= 15 is 0 Å². The topological polar surface area (TPSA) is 98.9 Å². The number of hydrogen-bond donors (Lipinski definition) is 3. The molecule has 2 saturated heterocycles. The van der Waals surface area contributed by atoms with Crippen LogP contribution in [-0.2, 0) is 11.3 Å². The van der Waals surface area contributed by atoms with E-state index in [0.29, 0.717) is 6.54 Å². The highest BCUT2D eigenvalue weighted by molar-refractivity contribution is 14.0. The van der Waals surface area contributed by atoms with E-state index in [0.717, 1.165) is 69.3 Å². The number of nitrogens with one attached hydrogen (secondary N) is 2. The van der Waals surface area contributed by atoms with Crippen molar-refractivity contribution >= 4 is 41.7 Å². The molecule has 0 aromatic carbocycles. The van der Waals surface area contributed by atoms with Crippen LogP contribution in [0, 0.1) is 5.92 Å². The molecule has 1 amide bonds. The molecule has 0 unspecified atom stereocenters. The molecule has 33 heavy (non-hydrogen) atoms. The fourth-order valence-corrected chi connectivity index (χ4v) is 4.59. The number of nitrogens with two attached hydrogens (primary N) is 1. The van der Waals surface area contributed by atoms with Gasteiger partial charge in [0.15, 0.2) is 5.96 Å². The fraction of sp³-hybridized carbons (Fsp3) is 0.708. The molecule has 1 aromatic rings. The maximum absolute atomic E-state index is 11.5. The number of rotatable bonds is 9. The molecule has 0 aliphatic carbocycles. The standard InChI is InChI=1S/C24H41N7O.HI/c1-2-26-24(28-13-8-16-30-14-5-3-4-6-15-30)29-19-21-9-7-12-27-23(21)31-17-10-20(11-18-31)22(25)32;/h7,9,12,20H,2-6,8,10-11,13-19H2,1H3,(H2,25,32)(H2,26,28,29);1H. The molecule has 0 atom stereocenters. The van der Waals surface area contributed by atoms with Gasteiger partial charge in [-0.05, 0) is 64.7 Å². The van der Waals surface area contributed by atoms with Crippen molar-refractivity contribution in [1.82, 2.24) is 20.5 Å². The Morgan fingerprint density at radius 1 is 1.15 bits per heavy atom. The number of carbonyl (C=O) groups excluding carboxylic acids is 1. The molecule has 0 spiro atoms. The van der Waals surface area contributed by atoms with Crippen LogP contribution in [0.4, 0.5) is 5.82 Å². The Balaban J connectivity index is 0.00000385. The molecule has 2 fully saturated rings. The summed E-state index contributed by atoms with van der Waals surface area (Å²) in [4.78, 5) is 25.8. The summed E-state index contributed by atoms with van der Waals surface area (Å²) in [5, 5.41) is 6.85. The van der Waals surface area contributed by atoms with Crippen molar-refractivity contribution in [3.63, 3.8) is 0 Å². The third-order valence-corrected chi connectivity index (χ3v) is 6.46. The third-order valence-electron chi connectivity index (χ3n) is 6.46. The number of guanidine groups is 1. The number of amides is 1. The Labute approximate surface area is 216 Å². The number of carbonyl (C=O) groups is 1. The molecule has 9 heteroatoms. The Morgan fingerprint density at radius 2 is 1.88 bits per heavy atom. The smallest absolute Gasteiger partial charge is 0.220 e. The summed E-state index contributed by atoms with van der Waals surface area (Å²) in [6.45, 7) is 9.66. The number of halogens is 1. The maximum atomic E-state index is 11.5. The van der Waals surface area contributed by atoms with E-state index in [1.165, 1.54) is 38.8 Å². The van der Waals surface area contributed by atoms with Crippen LogP contribution in [0.25, 0.3) is 0 Å². The molecule has 0 radical (unpaired) electrons. The zero-order valence-electron chi connectivity index (χ0n) is 20.1. The van der Waals surface area contributed by atoms with Crippen LogP contribution in [0.1, 0.15) is 57.4 Å². The van der Waals surface area contributed by atoms with Gasteiger partial charge in [0.05, 0.1) is 6.54 Å². The Morgan fingerprint density at radius 3 is 2.55 bits per heavy atom. The van der Waals surface area contributed by atoms with Crippen molar-refractivity contribution < 1.29 is 4.79 Å². The Bertz CT molecular complexity index is 729. The van der Waals surface area contributed by atoms with Crippen molar-refractivity contribution in [3.8, 4) is 0 Å². The highest BCUT2D eigenvalue weighted by atomic mass is 127. The number of aromatic nitrogens is 1. The number of aliphatic imine (C=N–C) groups is 1. The quantitative estimate of drug-likeness (QED) is 0.183. The third kappa shape index (κ3) is 9.27. The lowest BCUT2D eigenvalue weighted by molar-refractivity contribution is -0.122. The highest BCUT2D eigenvalue weighted by Gasteiger charge is 2.24. The van der Waals surface area contributed by atoms with Crippen LogP contribution in [0.5, 0.6) is 0 Å². The average Bonchev–Trinajstić information content (AvgIpc) is 3.09. The van der Waals surface area contributed by atoms with E-state index in [4.69, 9.17) is 10.7 Å². The lowest BCUT2D eigenvalue weighted by atomic mass is 9.96. The Kier molecular flexibility index (Phi) is 12.8. The minimum absolute atomic E-state index is 0. The number of anilines is 1. The lowest BCUT2D eigenvalue weighted by Gasteiger charge is -2.32. The normalized spacial score (nSPS) is 18.3. The van der Waals surface area contributed by atoms with Gasteiger partial charge in [0.25, 0.3) is 0 Å². The molecule has 186 valence electrons. The van der Waals surface area contributed by atoms with Gasteiger partial charge in [0, 0.05) is 43.9 Å². The molecule has 2 aliphatic heterocycles. The zero-order valence-corrected chi connectivity index (χ0v) is 22.4. The van der Waals surface area contributed by atoms with Crippen molar-refractivity contribution in [2.24, 2.45) is 16.6 Å². The maximum Gasteiger partial charge on any atom is 0.220 e. The van der Waals surface area contributed by atoms with Crippen LogP contribution < -0.4 is 21.3 Å². The van der Waals surface area contributed by atoms with Crippen LogP contribution in [-0.4, -0.2) is 67.6 Å². The van der Waals surface area contributed by atoms with E-state index in [1.54, 1.807) is 0 Å². The predicted octanol–water partition coefficient (Wildman–Crippen LogP) is 2.72. The van der Waals surface area contributed by atoms with E-state index in [-0.39, 0.29) is 35.8 Å². The molecule has 8 nitrogen and oxygen atoms in total. The molecule has 0 bridgehead atoms. The van der Waals surface area contributed by atoms with E-state index in [1.807, 2.05) is 12.3 Å². The summed E-state index contributed by atoms with van der Waals surface area (Å²) in [5.74, 6) is 1.62. The van der Waals surface area contributed by atoms with Gasteiger partial charge in [-0.15, -0.1) is 24.0 Å². The summed E-state index contributed by atoms with van der Waals surface area (Å²) < 4.78 is 0. The monoisotopic (exact) mass is 571 g/mol. The van der Waals surface area contributed by atoms with E-state index in [2.05, 4.69) is 38.4 Å². The summed E-state index contributed by atoms with van der Waals surface area (Å²) in [6.07, 6.45) is 9.96. The number of hydrogen-bond acceptors (Lipinski definition) is 5. The van der Waals surface area contributed by atoms with Crippen LogP contribution in [0.2, 0.25) is 0 Å².